The van der Waals surface area contributed by atoms with E-state index < -0.39 is 0 Å². The molecule has 0 saturated carbocycles. The number of hydrogen-bond donors (Lipinski definition) is 1. The van der Waals surface area contributed by atoms with Crippen LogP contribution in [0.25, 0.3) is 0 Å². The first kappa shape index (κ1) is 36.0. The zero-order valence-corrected chi connectivity index (χ0v) is 29.4. The maximum atomic E-state index is 13.8. The molecule has 8 heteroatoms. The lowest BCUT2D eigenvalue weighted by Gasteiger charge is -2.45. The Morgan fingerprint density at radius 1 is 0.979 bits per heavy atom. The summed E-state index contributed by atoms with van der Waals surface area (Å²) in [6, 6.07) is 21.5. The van der Waals surface area contributed by atoms with Crippen LogP contribution in [0.15, 0.2) is 66.7 Å². The summed E-state index contributed by atoms with van der Waals surface area (Å²) in [6.07, 6.45) is 1.61. The van der Waals surface area contributed by atoms with Gasteiger partial charge in [-0.2, -0.15) is 0 Å². The lowest BCUT2D eigenvalue weighted by Crippen LogP contribution is -2.51. The van der Waals surface area contributed by atoms with Crippen molar-refractivity contribution in [1.29, 1.82) is 0 Å². The molecule has 1 fully saturated rings. The van der Waals surface area contributed by atoms with Crippen molar-refractivity contribution < 1.29 is 25.2 Å². The van der Waals surface area contributed by atoms with Crippen LogP contribution in [0.5, 0.6) is 11.5 Å². The molecule has 4 atom stereocenters. The van der Waals surface area contributed by atoms with E-state index in [1.54, 1.807) is 19.2 Å². The topological polar surface area (TPSA) is 80.3 Å². The zero-order valence-electron chi connectivity index (χ0n) is 29.4. The fourth-order valence-electron chi connectivity index (χ4n) is 6.83. The second-order valence-corrected chi connectivity index (χ2v) is 12.5. The SMILES string of the molecule is CC.CCOc1cc2c(cc1OC)C(c1ccc(C(=O)N(C(C)C)C(C)CCOC(=O)c3ccccc3)cc1)N[C@@H]1CCN(C)C[C@H]21.[HH]. The number of esters is 1. The average Bonchev–Trinajstić information content (AvgIpc) is 3.09. The number of piperidine rings is 1. The van der Waals surface area contributed by atoms with Crippen LogP contribution >= 0.6 is 0 Å². The molecule has 3 aromatic rings. The van der Waals surface area contributed by atoms with Crippen molar-refractivity contribution >= 4 is 11.9 Å². The minimum absolute atomic E-state index is 0. The Balaban J connectivity index is 0.00000204. The van der Waals surface area contributed by atoms with Gasteiger partial charge in [0.25, 0.3) is 5.91 Å². The van der Waals surface area contributed by atoms with Crippen molar-refractivity contribution in [2.24, 2.45) is 0 Å². The third-order valence-corrected chi connectivity index (χ3v) is 9.11. The molecule has 0 radical (unpaired) electrons. The van der Waals surface area contributed by atoms with Gasteiger partial charge in [-0.3, -0.25) is 4.79 Å². The third-order valence-electron chi connectivity index (χ3n) is 9.11. The number of hydrogen-bond acceptors (Lipinski definition) is 7. The summed E-state index contributed by atoms with van der Waals surface area (Å²) in [6.45, 7) is 14.9. The molecule has 3 aromatic carbocycles. The molecule has 1 saturated heterocycles. The molecule has 0 aromatic heterocycles. The van der Waals surface area contributed by atoms with Crippen molar-refractivity contribution in [2.75, 3.05) is 40.5 Å². The first-order valence-corrected chi connectivity index (χ1v) is 17.2. The second-order valence-electron chi connectivity index (χ2n) is 12.5. The molecule has 5 rings (SSSR count). The third kappa shape index (κ3) is 8.35. The standard InChI is InChI=1S/C37H47N3O5.C2H6.H2/c1-7-44-34-21-29-30(22-33(34)43-6)35(38-32-17-19-39(5)23-31(29)32)26-13-15-27(16-14-26)36(41)40(24(2)3)25(4)18-20-45-37(42)28-11-9-8-10-12-28;1-2;/h8-16,21-22,24-25,31-32,35,38H,7,17-20,23H2,1-6H3;1-2H3;1H/t25?,31-,32-,35?;;/m1../s1. The molecular formula is C39H55N3O5. The maximum Gasteiger partial charge on any atom is 0.338 e. The normalized spacial score (nSPS) is 19.4. The summed E-state index contributed by atoms with van der Waals surface area (Å²) in [5.41, 5.74) is 4.75. The van der Waals surface area contributed by atoms with Crippen LogP contribution < -0.4 is 14.8 Å². The lowest BCUT2D eigenvalue weighted by atomic mass is 9.76. The number of benzene rings is 3. The van der Waals surface area contributed by atoms with Gasteiger partial charge in [-0.15, -0.1) is 0 Å². The Hall–Kier alpha value is -3.88. The number of carbonyl (C=O) groups is 2. The Morgan fingerprint density at radius 3 is 2.30 bits per heavy atom. The molecule has 2 aliphatic rings. The molecule has 47 heavy (non-hydrogen) atoms. The van der Waals surface area contributed by atoms with Crippen LogP contribution in [0, 0.1) is 0 Å². The van der Waals surface area contributed by atoms with Gasteiger partial charge in [0.2, 0.25) is 0 Å². The zero-order chi connectivity index (χ0) is 34.1. The molecule has 1 amide bonds. The van der Waals surface area contributed by atoms with Gasteiger partial charge in [-0.1, -0.05) is 44.2 Å². The van der Waals surface area contributed by atoms with Gasteiger partial charge >= 0.3 is 5.97 Å². The van der Waals surface area contributed by atoms with E-state index in [0.717, 1.165) is 36.6 Å². The summed E-state index contributed by atoms with van der Waals surface area (Å²) in [7, 11) is 3.87. The van der Waals surface area contributed by atoms with E-state index in [0.29, 0.717) is 36.1 Å². The lowest BCUT2D eigenvalue weighted by molar-refractivity contribution is 0.0430. The van der Waals surface area contributed by atoms with E-state index in [1.165, 1.54) is 11.1 Å². The molecule has 1 N–H and O–H groups in total. The molecule has 2 unspecified atom stereocenters. The van der Waals surface area contributed by atoms with E-state index in [9.17, 15) is 9.59 Å². The highest BCUT2D eigenvalue weighted by molar-refractivity contribution is 5.94. The predicted octanol–water partition coefficient (Wildman–Crippen LogP) is 7.33. The Kier molecular flexibility index (Phi) is 12.9. The number of methoxy groups -OCH3 is 1. The number of rotatable bonds is 11. The van der Waals surface area contributed by atoms with E-state index in [4.69, 9.17) is 14.2 Å². The smallest absolute Gasteiger partial charge is 0.338 e. The van der Waals surface area contributed by atoms with Gasteiger partial charge in [0.05, 0.1) is 31.9 Å². The summed E-state index contributed by atoms with van der Waals surface area (Å²) >= 11 is 0. The summed E-state index contributed by atoms with van der Waals surface area (Å²) in [5, 5.41) is 3.94. The highest BCUT2D eigenvalue weighted by Gasteiger charge is 2.39. The highest BCUT2D eigenvalue weighted by atomic mass is 16.5. The molecule has 256 valence electrons. The van der Waals surface area contributed by atoms with E-state index in [-0.39, 0.29) is 38.0 Å². The highest BCUT2D eigenvalue weighted by Crippen LogP contribution is 2.44. The number of nitrogens with zero attached hydrogens (tertiary/aromatic N) is 2. The molecule has 0 spiro atoms. The fourth-order valence-corrected chi connectivity index (χ4v) is 6.83. The van der Waals surface area contributed by atoms with E-state index >= 15 is 0 Å². The number of carbonyl (C=O) groups excluding carboxylic acids is 2. The van der Waals surface area contributed by atoms with Crippen LogP contribution in [0.1, 0.15) is 105 Å². The maximum absolute atomic E-state index is 13.8. The first-order chi connectivity index (χ1) is 22.7. The Bertz CT molecular complexity index is 1470. The van der Waals surface area contributed by atoms with Crippen LogP contribution in [0.2, 0.25) is 0 Å². The van der Waals surface area contributed by atoms with E-state index in [1.807, 2.05) is 76.8 Å². The minimum atomic E-state index is -0.350. The second kappa shape index (κ2) is 16.8. The Labute approximate surface area is 282 Å². The summed E-state index contributed by atoms with van der Waals surface area (Å²) < 4.78 is 17.2. The number of likely N-dealkylation sites (tertiary alicyclic amines) is 1. The number of amides is 1. The van der Waals surface area contributed by atoms with Crippen molar-refractivity contribution in [2.45, 2.75) is 84.5 Å². The molecule has 8 nitrogen and oxygen atoms in total. The largest absolute Gasteiger partial charge is 0.493 e. The minimum Gasteiger partial charge on any atom is -0.493 e. The monoisotopic (exact) mass is 645 g/mol. The van der Waals surface area contributed by atoms with Crippen LogP contribution in [-0.2, 0) is 4.74 Å². The quantitative estimate of drug-likeness (QED) is 0.219. The number of ether oxygens (including phenoxy) is 3. The van der Waals surface area contributed by atoms with Crippen LogP contribution in [0.4, 0.5) is 0 Å². The summed E-state index contributed by atoms with van der Waals surface area (Å²) in [4.78, 5) is 30.4. The first-order valence-electron chi connectivity index (χ1n) is 17.2. The van der Waals surface area contributed by atoms with Crippen molar-refractivity contribution in [3.05, 3.63) is 94.5 Å². The van der Waals surface area contributed by atoms with Gasteiger partial charge in [0.15, 0.2) is 11.5 Å². The van der Waals surface area contributed by atoms with Gasteiger partial charge in [-0.25, -0.2) is 4.79 Å². The molecular weight excluding hydrogens is 590 g/mol. The fraction of sp³-hybridized carbons (Fsp3) is 0.487. The molecule has 2 heterocycles. The Morgan fingerprint density at radius 2 is 1.66 bits per heavy atom. The summed E-state index contributed by atoms with van der Waals surface area (Å²) in [5.74, 6) is 1.48. The van der Waals surface area contributed by atoms with E-state index in [2.05, 4.69) is 41.5 Å². The predicted molar refractivity (Wildman–Crippen MR) is 190 cm³/mol. The molecule has 0 aliphatic carbocycles. The average molecular weight is 646 g/mol. The molecule has 0 bridgehead atoms. The molecule has 2 aliphatic heterocycles. The number of fused-ring (bicyclic) bond motifs is 3. The van der Waals surface area contributed by atoms with Gasteiger partial charge in [-0.05, 0) is 101 Å². The van der Waals surface area contributed by atoms with Crippen molar-refractivity contribution in [3.63, 3.8) is 0 Å². The van der Waals surface area contributed by atoms with Crippen molar-refractivity contribution in [3.8, 4) is 11.5 Å². The van der Waals surface area contributed by atoms with Crippen LogP contribution in [0.3, 0.4) is 0 Å². The number of likely N-dealkylation sites (N-methyl/N-ethyl adjacent to an activating group) is 1. The van der Waals surface area contributed by atoms with Gasteiger partial charge < -0.3 is 29.3 Å². The van der Waals surface area contributed by atoms with Crippen LogP contribution in [-0.4, -0.2) is 80.3 Å². The number of nitrogens with one attached hydrogen (secondary N) is 1. The van der Waals surface area contributed by atoms with Gasteiger partial charge in [0.1, 0.15) is 0 Å². The van der Waals surface area contributed by atoms with Gasteiger partial charge in [0, 0.05) is 44.0 Å². The van der Waals surface area contributed by atoms with Crippen molar-refractivity contribution in [1.82, 2.24) is 15.1 Å².